The summed E-state index contributed by atoms with van der Waals surface area (Å²) in [7, 11) is 0. The highest BCUT2D eigenvalue weighted by Crippen LogP contribution is 2.18. The van der Waals surface area contributed by atoms with Crippen LogP contribution >= 0.6 is 0 Å². The van der Waals surface area contributed by atoms with Crippen molar-refractivity contribution in [1.29, 1.82) is 0 Å². The summed E-state index contributed by atoms with van der Waals surface area (Å²) in [6, 6.07) is 0. The van der Waals surface area contributed by atoms with Gasteiger partial charge in [0.15, 0.2) is 0 Å². The first-order valence-electron chi connectivity index (χ1n) is 4.33. The van der Waals surface area contributed by atoms with Crippen molar-refractivity contribution in [2.45, 2.75) is 39.5 Å². The molecule has 1 N–H and O–H groups in total. The Labute approximate surface area is 63.5 Å². The lowest BCUT2D eigenvalue weighted by Gasteiger charge is -2.20. The van der Waals surface area contributed by atoms with Gasteiger partial charge in [-0.2, -0.15) is 0 Å². The molecule has 0 aromatic carbocycles. The minimum absolute atomic E-state index is 1.18. The maximum Gasteiger partial charge on any atom is 0.0147 e. The standard InChI is InChI=1S/C9H17N/c1-3-8-6-5-7-10-9(8)4-2/h10H,3-7H2,1-2H3. The van der Waals surface area contributed by atoms with E-state index in [1.807, 2.05) is 0 Å². The number of hydrogen-bond acceptors (Lipinski definition) is 1. The molecule has 58 valence electrons. The van der Waals surface area contributed by atoms with E-state index in [2.05, 4.69) is 19.2 Å². The third-order valence-electron chi connectivity index (χ3n) is 2.20. The van der Waals surface area contributed by atoms with Gasteiger partial charge >= 0.3 is 0 Å². The van der Waals surface area contributed by atoms with Crippen LogP contribution < -0.4 is 5.32 Å². The summed E-state index contributed by atoms with van der Waals surface area (Å²) in [6.07, 6.45) is 5.07. The van der Waals surface area contributed by atoms with Crippen LogP contribution in [-0.4, -0.2) is 6.54 Å². The fraction of sp³-hybridized carbons (Fsp3) is 0.778. The summed E-state index contributed by atoms with van der Waals surface area (Å²) in [5.74, 6) is 0. The van der Waals surface area contributed by atoms with Gasteiger partial charge in [0.25, 0.3) is 0 Å². The molecule has 1 heterocycles. The topological polar surface area (TPSA) is 12.0 Å². The molecule has 10 heavy (non-hydrogen) atoms. The fourth-order valence-electron chi connectivity index (χ4n) is 1.58. The lowest BCUT2D eigenvalue weighted by Crippen LogP contribution is -2.20. The van der Waals surface area contributed by atoms with E-state index in [9.17, 15) is 0 Å². The number of rotatable bonds is 2. The van der Waals surface area contributed by atoms with E-state index in [1.165, 1.54) is 37.9 Å². The SMILES string of the molecule is CCC1=C(CC)NCCC1. The fourth-order valence-corrected chi connectivity index (χ4v) is 1.58. The van der Waals surface area contributed by atoms with Crippen LogP contribution in [0.25, 0.3) is 0 Å². The molecule has 0 atom stereocenters. The molecular formula is C9H17N. The number of nitrogens with one attached hydrogen (secondary N) is 1. The van der Waals surface area contributed by atoms with E-state index >= 15 is 0 Å². The lowest BCUT2D eigenvalue weighted by atomic mass is 10.0. The van der Waals surface area contributed by atoms with Crippen molar-refractivity contribution in [2.24, 2.45) is 0 Å². The molecule has 0 unspecified atom stereocenters. The van der Waals surface area contributed by atoms with Crippen molar-refractivity contribution in [3.8, 4) is 0 Å². The van der Waals surface area contributed by atoms with Crippen LogP contribution in [0, 0.1) is 0 Å². The Morgan fingerprint density at radius 3 is 2.60 bits per heavy atom. The second-order valence-corrected chi connectivity index (χ2v) is 2.82. The molecule has 0 bridgehead atoms. The summed E-state index contributed by atoms with van der Waals surface area (Å²) in [5.41, 5.74) is 3.16. The van der Waals surface area contributed by atoms with Crippen LogP contribution in [0.4, 0.5) is 0 Å². The molecule has 0 amide bonds. The molecule has 0 saturated heterocycles. The number of allylic oxidation sites excluding steroid dienone is 2. The summed E-state index contributed by atoms with van der Waals surface area (Å²) in [5, 5.41) is 3.45. The molecule has 1 heteroatoms. The molecule has 0 spiro atoms. The van der Waals surface area contributed by atoms with Crippen LogP contribution in [0.15, 0.2) is 11.3 Å². The molecule has 0 radical (unpaired) electrons. The van der Waals surface area contributed by atoms with Crippen molar-refractivity contribution in [2.75, 3.05) is 6.54 Å². The van der Waals surface area contributed by atoms with Gasteiger partial charge in [0, 0.05) is 12.2 Å². The molecule has 0 saturated carbocycles. The highest BCUT2D eigenvalue weighted by molar-refractivity contribution is 5.14. The molecular weight excluding hydrogens is 122 g/mol. The second kappa shape index (κ2) is 3.65. The van der Waals surface area contributed by atoms with Gasteiger partial charge in [-0.1, -0.05) is 19.4 Å². The molecule has 1 aliphatic rings. The molecule has 1 nitrogen and oxygen atoms in total. The van der Waals surface area contributed by atoms with E-state index in [0.717, 1.165) is 0 Å². The van der Waals surface area contributed by atoms with E-state index in [4.69, 9.17) is 0 Å². The van der Waals surface area contributed by atoms with Crippen LogP contribution in [-0.2, 0) is 0 Å². The van der Waals surface area contributed by atoms with Gasteiger partial charge in [-0.15, -0.1) is 0 Å². The molecule has 1 aliphatic heterocycles. The predicted molar refractivity (Wildman–Crippen MR) is 44.8 cm³/mol. The van der Waals surface area contributed by atoms with Gasteiger partial charge in [-0.3, -0.25) is 0 Å². The third kappa shape index (κ3) is 1.53. The average molecular weight is 139 g/mol. The monoisotopic (exact) mass is 139 g/mol. The Bertz CT molecular complexity index is 120. The zero-order chi connectivity index (χ0) is 7.40. The van der Waals surface area contributed by atoms with Crippen molar-refractivity contribution in [3.63, 3.8) is 0 Å². The average Bonchev–Trinajstić information content (AvgIpc) is 2.04. The number of hydrogen-bond donors (Lipinski definition) is 1. The van der Waals surface area contributed by atoms with Crippen LogP contribution in [0.2, 0.25) is 0 Å². The molecule has 1 rings (SSSR count). The Hall–Kier alpha value is -0.460. The minimum Gasteiger partial charge on any atom is -0.388 e. The van der Waals surface area contributed by atoms with Crippen molar-refractivity contribution >= 4 is 0 Å². The predicted octanol–water partition coefficient (Wildman–Crippen LogP) is 2.44. The van der Waals surface area contributed by atoms with Crippen molar-refractivity contribution < 1.29 is 0 Å². The Morgan fingerprint density at radius 1 is 1.30 bits per heavy atom. The normalized spacial score (nSPS) is 19.0. The third-order valence-corrected chi connectivity index (χ3v) is 2.20. The summed E-state index contributed by atoms with van der Waals surface area (Å²) >= 11 is 0. The highest BCUT2D eigenvalue weighted by Gasteiger charge is 2.07. The largest absolute Gasteiger partial charge is 0.388 e. The lowest BCUT2D eigenvalue weighted by molar-refractivity contribution is 0.626. The van der Waals surface area contributed by atoms with Crippen LogP contribution in [0.5, 0.6) is 0 Å². The van der Waals surface area contributed by atoms with Gasteiger partial charge in [-0.25, -0.2) is 0 Å². The highest BCUT2D eigenvalue weighted by atomic mass is 14.9. The maximum absolute atomic E-state index is 3.45. The van der Waals surface area contributed by atoms with Gasteiger partial charge < -0.3 is 5.32 Å². The summed E-state index contributed by atoms with van der Waals surface area (Å²) in [6.45, 7) is 5.66. The quantitative estimate of drug-likeness (QED) is 0.619. The molecule has 0 aliphatic carbocycles. The van der Waals surface area contributed by atoms with E-state index in [-0.39, 0.29) is 0 Å². The van der Waals surface area contributed by atoms with Crippen molar-refractivity contribution in [3.05, 3.63) is 11.3 Å². The zero-order valence-electron chi connectivity index (χ0n) is 7.04. The Morgan fingerprint density at radius 2 is 2.10 bits per heavy atom. The van der Waals surface area contributed by atoms with Crippen LogP contribution in [0.1, 0.15) is 39.5 Å². The molecule has 0 aromatic rings. The van der Waals surface area contributed by atoms with Crippen LogP contribution in [0.3, 0.4) is 0 Å². The first-order valence-corrected chi connectivity index (χ1v) is 4.33. The van der Waals surface area contributed by atoms with Gasteiger partial charge in [0.05, 0.1) is 0 Å². The Balaban J connectivity index is 2.63. The molecule has 0 fully saturated rings. The summed E-state index contributed by atoms with van der Waals surface area (Å²) < 4.78 is 0. The van der Waals surface area contributed by atoms with E-state index in [0.29, 0.717) is 0 Å². The van der Waals surface area contributed by atoms with E-state index in [1.54, 1.807) is 5.57 Å². The molecule has 0 aromatic heterocycles. The smallest absolute Gasteiger partial charge is 0.0147 e. The zero-order valence-corrected chi connectivity index (χ0v) is 7.04. The Kier molecular flexibility index (Phi) is 2.79. The van der Waals surface area contributed by atoms with Gasteiger partial charge in [0.2, 0.25) is 0 Å². The first kappa shape index (κ1) is 7.64. The minimum atomic E-state index is 1.18. The first-order chi connectivity index (χ1) is 4.88. The van der Waals surface area contributed by atoms with Gasteiger partial charge in [-0.05, 0) is 25.7 Å². The summed E-state index contributed by atoms with van der Waals surface area (Å²) in [4.78, 5) is 0. The van der Waals surface area contributed by atoms with Gasteiger partial charge in [0.1, 0.15) is 0 Å². The second-order valence-electron chi connectivity index (χ2n) is 2.82. The van der Waals surface area contributed by atoms with Crippen molar-refractivity contribution in [1.82, 2.24) is 5.32 Å². The van der Waals surface area contributed by atoms with E-state index < -0.39 is 0 Å². The maximum atomic E-state index is 3.45.